The van der Waals surface area contributed by atoms with Gasteiger partial charge in [0.25, 0.3) is 0 Å². The number of nitrogens with zero attached hydrogens (tertiary/aromatic N) is 2. The maximum Gasteiger partial charge on any atom is 0.469 e. The topological polar surface area (TPSA) is 157 Å². The normalized spacial score (nSPS) is 28.9. The molecule has 1 saturated heterocycles. The summed E-state index contributed by atoms with van der Waals surface area (Å²) in [5.41, 5.74) is 4.21. The number of aliphatic hydroxyl groups is 1. The lowest BCUT2D eigenvalue weighted by molar-refractivity contribution is -0.0450. The van der Waals surface area contributed by atoms with E-state index in [0.717, 1.165) is 10.8 Å². The van der Waals surface area contributed by atoms with E-state index in [1.165, 1.54) is 0 Å². The minimum atomic E-state index is -4.75. The van der Waals surface area contributed by atoms with E-state index >= 15 is 0 Å². The lowest BCUT2D eigenvalue weighted by atomic mass is 10.2. The van der Waals surface area contributed by atoms with E-state index < -0.39 is 51.2 Å². The van der Waals surface area contributed by atoms with Crippen molar-refractivity contribution in [3.05, 3.63) is 22.2 Å². The number of aliphatic hydroxyl groups excluding tert-OH is 1. The number of nitrogen functional groups attached to an aromatic ring is 1. The highest BCUT2D eigenvalue weighted by atomic mass is 31.2. The van der Waals surface area contributed by atoms with Crippen molar-refractivity contribution in [2.45, 2.75) is 31.7 Å². The first-order valence-corrected chi connectivity index (χ1v) is 7.34. The number of phosphoric acid groups is 1. The lowest BCUT2D eigenvalue weighted by Crippen LogP contribution is -2.29. The van der Waals surface area contributed by atoms with Crippen molar-refractivity contribution in [1.29, 1.82) is 0 Å². The summed E-state index contributed by atoms with van der Waals surface area (Å²) in [6.45, 7) is -3.21. The molecule has 0 unspecified atom stereocenters. The first-order chi connectivity index (χ1) is 10.9. The molecule has 21 heavy (non-hydrogen) atoms. The van der Waals surface area contributed by atoms with Crippen LogP contribution >= 0.6 is 7.82 Å². The molecule has 0 bridgehead atoms. The number of anilines is 1. The number of aryl methyl sites for hydroxylation is 1. The van der Waals surface area contributed by atoms with Crippen LogP contribution in [0.3, 0.4) is 0 Å². The van der Waals surface area contributed by atoms with Gasteiger partial charge in [0.2, 0.25) is 0 Å². The van der Waals surface area contributed by atoms with Gasteiger partial charge in [-0.3, -0.25) is 9.09 Å². The third-order valence-electron chi connectivity index (χ3n) is 2.90. The molecule has 118 valence electrons. The van der Waals surface area contributed by atoms with Crippen molar-refractivity contribution in [2.24, 2.45) is 0 Å². The second-order valence-electron chi connectivity index (χ2n) is 4.45. The van der Waals surface area contributed by atoms with Crippen molar-refractivity contribution >= 4 is 13.6 Å². The molecule has 1 aromatic rings. The van der Waals surface area contributed by atoms with E-state index in [1.807, 2.05) is 0 Å². The van der Waals surface area contributed by atoms with Crippen LogP contribution in [-0.2, 0) is 13.8 Å². The average Bonchev–Trinajstić information content (AvgIpc) is 2.75. The molecule has 0 aromatic carbocycles. The summed E-state index contributed by atoms with van der Waals surface area (Å²) in [4.78, 5) is 32.7. The summed E-state index contributed by atoms with van der Waals surface area (Å²) >= 11 is 0. The first-order valence-electron chi connectivity index (χ1n) is 7.31. The quantitative estimate of drug-likeness (QED) is 0.503. The largest absolute Gasteiger partial charge is 0.469 e. The zero-order valence-corrected chi connectivity index (χ0v) is 11.5. The summed E-state index contributed by atoms with van der Waals surface area (Å²) in [6, 6.07) is 0. The highest BCUT2D eigenvalue weighted by Crippen LogP contribution is 2.38. The Morgan fingerprint density at radius 1 is 1.71 bits per heavy atom. The Morgan fingerprint density at radius 3 is 3.05 bits per heavy atom. The SMILES string of the molecule is [3H]C([3H])([3H])c1cn([C@H]2C[C@H](O)[C@@H](COP(=O)(O)O)O2)c(=O)nc1N. The van der Waals surface area contributed by atoms with Crippen LogP contribution in [0.25, 0.3) is 0 Å². The molecule has 2 rings (SSSR count). The van der Waals surface area contributed by atoms with Crippen molar-refractivity contribution in [2.75, 3.05) is 12.3 Å². The van der Waals surface area contributed by atoms with Crippen molar-refractivity contribution in [3.8, 4) is 0 Å². The van der Waals surface area contributed by atoms with Gasteiger partial charge in [-0.15, -0.1) is 0 Å². The summed E-state index contributed by atoms with van der Waals surface area (Å²) in [5.74, 6) is -0.434. The Hall–Kier alpha value is -1.29. The molecule has 11 heteroatoms. The summed E-state index contributed by atoms with van der Waals surface area (Å²) < 4.78 is 43.2. The van der Waals surface area contributed by atoms with E-state index in [1.54, 1.807) is 0 Å². The number of aromatic nitrogens is 2. The van der Waals surface area contributed by atoms with Crippen molar-refractivity contribution < 1.29 is 32.8 Å². The molecule has 0 saturated carbocycles. The van der Waals surface area contributed by atoms with Gasteiger partial charge >= 0.3 is 13.5 Å². The molecule has 2 heterocycles. The molecule has 0 aliphatic carbocycles. The van der Waals surface area contributed by atoms with Crippen LogP contribution in [0.5, 0.6) is 0 Å². The minimum Gasteiger partial charge on any atom is -0.390 e. The van der Waals surface area contributed by atoms with Gasteiger partial charge in [0.05, 0.1) is 12.7 Å². The Labute approximate surface area is 123 Å². The van der Waals surface area contributed by atoms with E-state index in [0.29, 0.717) is 0 Å². The van der Waals surface area contributed by atoms with Crippen LogP contribution in [0.1, 0.15) is 22.3 Å². The van der Waals surface area contributed by atoms with Crippen molar-refractivity contribution in [1.82, 2.24) is 9.55 Å². The third kappa shape index (κ3) is 3.88. The van der Waals surface area contributed by atoms with Gasteiger partial charge in [-0.1, -0.05) is 0 Å². The maximum absolute atomic E-state index is 11.9. The Kier molecular flexibility index (Phi) is 3.41. The van der Waals surface area contributed by atoms with Crippen LogP contribution in [0.2, 0.25) is 0 Å². The fraction of sp³-hybridized carbons (Fsp3) is 0.600. The third-order valence-corrected chi connectivity index (χ3v) is 3.39. The van der Waals surface area contributed by atoms with Crippen LogP contribution in [0, 0.1) is 6.85 Å². The van der Waals surface area contributed by atoms with Crippen LogP contribution in [0.4, 0.5) is 5.82 Å². The number of rotatable bonds is 4. The molecule has 1 aromatic heterocycles. The molecule has 5 N–H and O–H groups in total. The minimum absolute atomic E-state index is 0.124. The lowest BCUT2D eigenvalue weighted by Gasteiger charge is -2.16. The maximum atomic E-state index is 11.9. The second-order valence-corrected chi connectivity index (χ2v) is 5.69. The van der Waals surface area contributed by atoms with Crippen molar-refractivity contribution in [3.63, 3.8) is 0 Å². The molecule has 0 amide bonds. The van der Waals surface area contributed by atoms with Gasteiger partial charge in [-0.05, 0) is 6.85 Å². The molecule has 3 atom stereocenters. The van der Waals surface area contributed by atoms with E-state index in [-0.39, 0.29) is 12.0 Å². The molecule has 0 radical (unpaired) electrons. The smallest absolute Gasteiger partial charge is 0.390 e. The van der Waals surface area contributed by atoms with Crippen LogP contribution in [-0.4, -0.2) is 43.3 Å². The predicted molar refractivity (Wildman–Crippen MR) is 70.2 cm³/mol. The number of ether oxygens (including phenoxy) is 1. The summed E-state index contributed by atoms with van der Waals surface area (Å²) in [6.07, 6.45) is -2.51. The fourth-order valence-corrected chi connectivity index (χ4v) is 2.24. The van der Waals surface area contributed by atoms with Gasteiger partial charge in [0.1, 0.15) is 18.1 Å². The molecule has 1 fully saturated rings. The molecule has 10 nitrogen and oxygen atoms in total. The average molecular weight is 327 g/mol. The first kappa shape index (κ1) is 12.3. The Bertz CT molecular complexity index is 719. The zero-order valence-electron chi connectivity index (χ0n) is 13.6. The van der Waals surface area contributed by atoms with Gasteiger partial charge in [-0.25, -0.2) is 9.36 Å². The molecule has 1 aliphatic heterocycles. The van der Waals surface area contributed by atoms with Crippen LogP contribution < -0.4 is 11.4 Å². The summed E-state index contributed by atoms with van der Waals surface area (Å²) in [7, 11) is -4.75. The van der Waals surface area contributed by atoms with E-state index in [2.05, 4.69) is 9.51 Å². The van der Waals surface area contributed by atoms with E-state index in [9.17, 15) is 14.5 Å². The van der Waals surface area contributed by atoms with Crippen LogP contribution in [0.15, 0.2) is 11.0 Å². The highest BCUT2D eigenvalue weighted by molar-refractivity contribution is 7.46. The predicted octanol–water partition coefficient (Wildman–Crippen LogP) is -1.11. The monoisotopic (exact) mass is 327 g/mol. The number of nitrogens with two attached hydrogens (primary N) is 1. The molecular formula is C10H16N3O7P. The molecular weight excluding hydrogens is 305 g/mol. The number of hydrogen-bond donors (Lipinski definition) is 4. The Balaban J connectivity index is 2.24. The number of hydrogen-bond acceptors (Lipinski definition) is 7. The zero-order chi connectivity index (χ0) is 18.3. The standard InChI is InChI=1S/C10H16N3O7P/c1-5-3-13(10(15)12-9(5)11)8-2-6(14)7(20-8)4-19-21(16,17)18/h3,6-8,14H,2,4H2,1H3,(H2,11,12,15)(H2,16,17,18)/t6-,7+,8+/m0/s1/i1T3. The van der Waals surface area contributed by atoms with Gasteiger partial charge in [0, 0.05) is 22.3 Å². The van der Waals surface area contributed by atoms with Gasteiger partial charge in [-0.2, -0.15) is 4.98 Å². The highest BCUT2D eigenvalue weighted by Gasteiger charge is 2.37. The Morgan fingerprint density at radius 2 is 2.43 bits per heavy atom. The molecule has 0 spiro atoms. The second kappa shape index (κ2) is 5.84. The fourth-order valence-electron chi connectivity index (χ4n) is 1.89. The summed E-state index contributed by atoms with van der Waals surface area (Å²) in [5, 5.41) is 9.86. The van der Waals surface area contributed by atoms with Gasteiger partial charge < -0.3 is 25.4 Å². The van der Waals surface area contributed by atoms with E-state index in [4.69, 9.17) is 24.4 Å². The number of phosphoric ester groups is 1. The molecule has 1 aliphatic rings. The van der Waals surface area contributed by atoms with Gasteiger partial charge in [0.15, 0.2) is 0 Å².